The van der Waals surface area contributed by atoms with E-state index in [0.717, 1.165) is 16.3 Å². The highest BCUT2D eigenvalue weighted by Gasteiger charge is 2.15. The van der Waals surface area contributed by atoms with Gasteiger partial charge in [0.25, 0.3) is 5.91 Å². The quantitative estimate of drug-likeness (QED) is 0.642. The third kappa shape index (κ3) is 4.26. The number of benzene rings is 2. The fraction of sp³-hybridized carbons (Fsp3) is 0.150. The van der Waals surface area contributed by atoms with Gasteiger partial charge >= 0.3 is 5.97 Å². The predicted molar refractivity (Wildman–Crippen MR) is 103 cm³/mol. The second-order valence-electron chi connectivity index (χ2n) is 5.83. The van der Waals surface area contributed by atoms with Crippen LogP contribution in [0.4, 0.5) is 0 Å². The maximum absolute atomic E-state index is 12.2. The average Bonchev–Trinajstić information content (AvgIpc) is 2.65. The Bertz CT molecular complexity index is 953. The zero-order valence-corrected chi connectivity index (χ0v) is 15.7. The number of rotatable bonds is 5. The minimum absolute atomic E-state index is 0.208. The van der Waals surface area contributed by atoms with Gasteiger partial charge in [-0.25, -0.2) is 4.79 Å². The van der Waals surface area contributed by atoms with Gasteiger partial charge in [0.15, 0.2) is 6.61 Å². The molecule has 0 saturated heterocycles. The van der Waals surface area contributed by atoms with E-state index in [4.69, 9.17) is 4.74 Å². The van der Waals surface area contributed by atoms with Crippen LogP contribution < -0.4 is 5.32 Å². The SMILES string of the molecule is C[C@@H](NC(=O)COC(=O)c1cncc(Br)c1)c1cccc2ccccc12. The van der Waals surface area contributed by atoms with E-state index < -0.39 is 5.97 Å². The number of carbonyl (C=O) groups excluding carboxylic acids is 2. The van der Waals surface area contributed by atoms with Crippen molar-refractivity contribution in [3.8, 4) is 0 Å². The average molecular weight is 413 g/mol. The second kappa shape index (κ2) is 8.10. The number of carbonyl (C=O) groups is 2. The summed E-state index contributed by atoms with van der Waals surface area (Å²) >= 11 is 3.24. The molecule has 1 atom stereocenters. The lowest BCUT2D eigenvalue weighted by molar-refractivity contribution is -0.124. The zero-order valence-electron chi connectivity index (χ0n) is 14.1. The van der Waals surface area contributed by atoms with Gasteiger partial charge in [-0.2, -0.15) is 0 Å². The van der Waals surface area contributed by atoms with E-state index in [1.165, 1.54) is 6.20 Å². The van der Waals surface area contributed by atoms with E-state index in [2.05, 4.69) is 26.2 Å². The Kier molecular flexibility index (Phi) is 5.63. The van der Waals surface area contributed by atoms with Gasteiger partial charge in [-0.15, -0.1) is 0 Å². The molecular weight excluding hydrogens is 396 g/mol. The fourth-order valence-corrected chi connectivity index (χ4v) is 3.09. The van der Waals surface area contributed by atoms with Gasteiger partial charge in [0.2, 0.25) is 0 Å². The Labute approximate surface area is 159 Å². The summed E-state index contributed by atoms with van der Waals surface area (Å²) in [6.45, 7) is 1.56. The molecule has 1 aromatic heterocycles. The first kappa shape index (κ1) is 18.1. The number of hydrogen-bond acceptors (Lipinski definition) is 4. The number of esters is 1. The first-order chi connectivity index (χ1) is 12.5. The molecule has 0 spiro atoms. The summed E-state index contributed by atoms with van der Waals surface area (Å²) in [5.74, 6) is -0.950. The molecule has 0 unspecified atom stereocenters. The van der Waals surface area contributed by atoms with Crippen LogP contribution in [0.1, 0.15) is 28.9 Å². The number of halogens is 1. The molecule has 1 N–H and O–H groups in total. The van der Waals surface area contributed by atoms with Crippen LogP contribution in [0.3, 0.4) is 0 Å². The molecule has 0 radical (unpaired) electrons. The fourth-order valence-electron chi connectivity index (χ4n) is 2.73. The van der Waals surface area contributed by atoms with Gasteiger partial charge in [0.05, 0.1) is 11.6 Å². The summed E-state index contributed by atoms with van der Waals surface area (Å²) < 4.78 is 5.72. The molecule has 3 rings (SSSR count). The maximum atomic E-state index is 12.2. The first-order valence-electron chi connectivity index (χ1n) is 8.09. The van der Waals surface area contributed by atoms with Gasteiger partial charge in [-0.3, -0.25) is 9.78 Å². The molecular formula is C20H17BrN2O3. The number of nitrogens with one attached hydrogen (secondary N) is 1. The monoisotopic (exact) mass is 412 g/mol. The predicted octanol–water partition coefficient (Wildman–Crippen LogP) is 4.03. The molecule has 0 aliphatic heterocycles. The Morgan fingerprint density at radius 1 is 1.15 bits per heavy atom. The van der Waals surface area contributed by atoms with Crippen molar-refractivity contribution in [2.45, 2.75) is 13.0 Å². The first-order valence-corrected chi connectivity index (χ1v) is 8.88. The molecule has 1 heterocycles. The lowest BCUT2D eigenvalue weighted by atomic mass is 10.00. The highest BCUT2D eigenvalue weighted by molar-refractivity contribution is 9.10. The highest BCUT2D eigenvalue weighted by Crippen LogP contribution is 2.23. The lowest BCUT2D eigenvalue weighted by Gasteiger charge is -2.16. The van der Waals surface area contributed by atoms with E-state index in [1.807, 2.05) is 49.4 Å². The Balaban J connectivity index is 1.61. The molecule has 0 aliphatic rings. The lowest BCUT2D eigenvalue weighted by Crippen LogP contribution is -2.31. The number of nitrogens with zero attached hydrogens (tertiary/aromatic N) is 1. The summed E-state index contributed by atoms with van der Waals surface area (Å²) in [5.41, 5.74) is 1.30. The molecule has 6 heteroatoms. The summed E-state index contributed by atoms with van der Waals surface area (Å²) in [7, 11) is 0. The van der Waals surface area contributed by atoms with Crippen LogP contribution >= 0.6 is 15.9 Å². The minimum atomic E-state index is -0.591. The Hall–Kier alpha value is -2.73. The van der Waals surface area contributed by atoms with Gasteiger partial charge in [-0.05, 0) is 45.3 Å². The molecule has 0 fully saturated rings. The van der Waals surface area contributed by atoms with E-state index in [-0.39, 0.29) is 24.1 Å². The number of aromatic nitrogens is 1. The van der Waals surface area contributed by atoms with Crippen LogP contribution in [0, 0.1) is 0 Å². The smallest absolute Gasteiger partial charge is 0.340 e. The molecule has 5 nitrogen and oxygen atoms in total. The molecule has 132 valence electrons. The van der Waals surface area contributed by atoms with Crippen molar-refractivity contribution in [3.05, 3.63) is 76.5 Å². The molecule has 2 aromatic carbocycles. The largest absolute Gasteiger partial charge is 0.452 e. The number of ether oxygens (including phenoxy) is 1. The Morgan fingerprint density at radius 2 is 1.92 bits per heavy atom. The van der Waals surface area contributed by atoms with Crippen LogP contribution in [0.2, 0.25) is 0 Å². The normalized spacial score (nSPS) is 11.8. The number of amides is 1. The van der Waals surface area contributed by atoms with Crippen molar-refractivity contribution in [2.24, 2.45) is 0 Å². The minimum Gasteiger partial charge on any atom is -0.452 e. The number of pyridine rings is 1. The van der Waals surface area contributed by atoms with Gasteiger partial charge in [-0.1, -0.05) is 42.5 Å². The topological polar surface area (TPSA) is 68.3 Å². The van der Waals surface area contributed by atoms with Crippen molar-refractivity contribution in [2.75, 3.05) is 6.61 Å². The summed E-state index contributed by atoms with van der Waals surface area (Å²) in [6, 6.07) is 15.3. The van der Waals surface area contributed by atoms with Crippen molar-refractivity contribution in [1.82, 2.24) is 10.3 Å². The molecule has 3 aromatic rings. The second-order valence-corrected chi connectivity index (χ2v) is 6.74. The van der Waals surface area contributed by atoms with Crippen LogP contribution in [0.5, 0.6) is 0 Å². The van der Waals surface area contributed by atoms with Gasteiger partial charge < -0.3 is 10.1 Å². The van der Waals surface area contributed by atoms with Crippen LogP contribution in [0.25, 0.3) is 10.8 Å². The zero-order chi connectivity index (χ0) is 18.5. The third-order valence-corrected chi connectivity index (χ3v) is 4.38. The molecule has 26 heavy (non-hydrogen) atoms. The molecule has 0 aliphatic carbocycles. The van der Waals surface area contributed by atoms with Crippen molar-refractivity contribution < 1.29 is 14.3 Å². The Morgan fingerprint density at radius 3 is 2.73 bits per heavy atom. The molecule has 0 bridgehead atoms. The van der Waals surface area contributed by atoms with Crippen LogP contribution in [0.15, 0.2) is 65.4 Å². The van der Waals surface area contributed by atoms with Crippen molar-refractivity contribution in [1.29, 1.82) is 0 Å². The van der Waals surface area contributed by atoms with Crippen LogP contribution in [-0.4, -0.2) is 23.5 Å². The summed E-state index contributed by atoms with van der Waals surface area (Å²) in [4.78, 5) is 28.0. The number of fused-ring (bicyclic) bond motifs is 1. The van der Waals surface area contributed by atoms with E-state index in [9.17, 15) is 9.59 Å². The van der Waals surface area contributed by atoms with Crippen molar-refractivity contribution in [3.63, 3.8) is 0 Å². The summed E-state index contributed by atoms with van der Waals surface area (Å²) in [6.07, 6.45) is 2.96. The number of hydrogen-bond donors (Lipinski definition) is 1. The third-order valence-electron chi connectivity index (χ3n) is 3.94. The van der Waals surface area contributed by atoms with E-state index in [1.54, 1.807) is 12.3 Å². The molecule has 0 saturated carbocycles. The molecule has 1 amide bonds. The van der Waals surface area contributed by atoms with E-state index >= 15 is 0 Å². The van der Waals surface area contributed by atoms with Crippen molar-refractivity contribution >= 4 is 38.6 Å². The van der Waals surface area contributed by atoms with Crippen LogP contribution in [-0.2, 0) is 9.53 Å². The standard InChI is InChI=1S/C20H17BrN2O3/c1-13(17-8-4-6-14-5-2-3-7-18(14)17)23-19(24)12-26-20(25)15-9-16(21)11-22-10-15/h2-11,13H,12H2,1H3,(H,23,24)/t13-/m1/s1. The van der Waals surface area contributed by atoms with E-state index in [0.29, 0.717) is 4.47 Å². The van der Waals surface area contributed by atoms with Gasteiger partial charge in [0, 0.05) is 16.9 Å². The van der Waals surface area contributed by atoms with Gasteiger partial charge in [0.1, 0.15) is 0 Å². The highest BCUT2D eigenvalue weighted by atomic mass is 79.9. The maximum Gasteiger partial charge on any atom is 0.340 e. The summed E-state index contributed by atoms with van der Waals surface area (Å²) in [5, 5.41) is 5.06.